The Morgan fingerprint density at radius 2 is 0.493 bits per heavy atom. The smallest absolute Gasteiger partial charge is 0.343 e. The van der Waals surface area contributed by atoms with Gasteiger partial charge in [-0.2, -0.15) is 0 Å². The third-order valence-electron chi connectivity index (χ3n) is 11.3. The van der Waals surface area contributed by atoms with Crippen LogP contribution in [0.5, 0.6) is 17.2 Å². The largest absolute Gasteiger partial charge is 0.421 e. The molecule has 0 aliphatic rings. The Hall–Kier alpha value is -9.60. The van der Waals surface area contributed by atoms with Crippen LogP contribution in [-0.4, -0.2) is 32.9 Å². The maximum atomic E-state index is 14.5. The van der Waals surface area contributed by atoms with Gasteiger partial charge in [-0.1, -0.05) is 182 Å². The molecule has 7 aromatic carbocycles. The number of hydrogen-bond acceptors (Lipinski definition) is 9. The number of ether oxygens (including phenoxy) is 3. The molecule has 0 radical (unpaired) electrons. The van der Waals surface area contributed by atoms with Crippen molar-refractivity contribution in [2.24, 2.45) is 0 Å². The van der Waals surface area contributed by atoms with Crippen molar-refractivity contribution in [2.45, 2.75) is 0 Å². The molecule has 330 valence electrons. The molecule has 9 nitrogen and oxygen atoms in total. The van der Waals surface area contributed by atoms with E-state index >= 15 is 0 Å². The number of esters is 3. The van der Waals surface area contributed by atoms with E-state index in [2.05, 4.69) is 15.0 Å². The molecule has 69 heavy (non-hydrogen) atoms. The molecule has 0 N–H and O–H groups in total. The van der Waals surface area contributed by atoms with Gasteiger partial charge in [0, 0.05) is 33.4 Å². The fraction of sp³-hybridized carbons (Fsp3) is 0. The van der Waals surface area contributed by atoms with E-state index in [4.69, 9.17) is 14.2 Å². The van der Waals surface area contributed by atoms with E-state index in [-0.39, 0.29) is 33.9 Å². The summed E-state index contributed by atoms with van der Waals surface area (Å²) in [6, 6.07) is 67.0. The number of carbonyl (C=O) groups is 3. The van der Waals surface area contributed by atoms with Gasteiger partial charge in [0.25, 0.3) is 0 Å². The molecule has 0 unspecified atom stereocenters. The zero-order valence-electron chi connectivity index (χ0n) is 36.8. The van der Waals surface area contributed by atoms with Crippen molar-refractivity contribution in [3.8, 4) is 84.4 Å². The Balaban J connectivity index is 1.04. The average Bonchev–Trinajstić information content (AvgIpc) is 3.42. The first-order valence-electron chi connectivity index (χ1n) is 22.1. The minimum absolute atomic E-state index is 0.121. The van der Waals surface area contributed by atoms with Gasteiger partial charge in [-0.05, 0) is 53.1 Å². The summed E-state index contributed by atoms with van der Waals surface area (Å²) in [6.45, 7) is 0. The van der Waals surface area contributed by atoms with E-state index in [0.717, 1.165) is 33.4 Å². The lowest BCUT2D eigenvalue weighted by Crippen LogP contribution is -2.17. The predicted molar refractivity (Wildman–Crippen MR) is 267 cm³/mol. The lowest BCUT2D eigenvalue weighted by atomic mass is 10.0. The summed E-state index contributed by atoms with van der Waals surface area (Å²) in [6.07, 6.45) is 4.47. The van der Waals surface area contributed by atoms with Gasteiger partial charge in [-0.15, -0.1) is 0 Å². The summed E-state index contributed by atoms with van der Waals surface area (Å²) >= 11 is 0. The Labute approximate surface area is 398 Å². The average molecular weight is 898 g/mol. The number of benzene rings is 7. The maximum absolute atomic E-state index is 14.5. The summed E-state index contributed by atoms with van der Waals surface area (Å²) in [7, 11) is 0. The molecule has 3 aromatic heterocycles. The predicted octanol–water partition coefficient (Wildman–Crippen LogP) is 13.5. The van der Waals surface area contributed by atoms with Crippen LogP contribution in [-0.2, 0) is 0 Å². The van der Waals surface area contributed by atoms with Crippen LogP contribution in [0.25, 0.3) is 67.2 Å². The SMILES string of the molecule is O=C(Oc1cnc(-c2ccccc2)cc1-c1ccccc1)c1cc(C(=O)Oc2cnc(-c3ccccc3)cc2-c2ccccc2)cc(C(=O)Oc2cnc(-c3ccccc3)cc2-c2ccccc2)c1. The minimum Gasteiger partial charge on any atom is -0.421 e. The fourth-order valence-electron chi connectivity index (χ4n) is 7.86. The van der Waals surface area contributed by atoms with Crippen molar-refractivity contribution >= 4 is 17.9 Å². The van der Waals surface area contributed by atoms with Gasteiger partial charge < -0.3 is 14.2 Å². The number of rotatable bonds is 12. The van der Waals surface area contributed by atoms with Gasteiger partial charge in [0.1, 0.15) is 0 Å². The molecule has 0 aliphatic carbocycles. The topological polar surface area (TPSA) is 118 Å². The van der Waals surface area contributed by atoms with E-state index in [1.165, 1.54) is 36.8 Å². The molecule has 9 heteroatoms. The second-order valence-corrected chi connectivity index (χ2v) is 15.9. The third kappa shape index (κ3) is 9.84. The molecule has 0 fully saturated rings. The van der Waals surface area contributed by atoms with Crippen LogP contribution in [0, 0.1) is 0 Å². The van der Waals surface area contributed by atoms with Crippen LogP contribution in [0.15, 0.2) is 237 Å². The van der Waals surface area contributed by atoms with Gasteiger partial charge in [-0.3, -0.25) is 15.0 Å². The molecule has 0 atom stereocenters. The molecule has 0 amide bonds. The monoisotopic (exact) mass is 897 g/mol. The van der Waals surface area contributed by atoms with Crippen LogP contribution in [0.2, 0.25) is 0 Å². The van der Waals surface area contributed by atoms with Crippen molar-refractivity contribution in [1.29, 1.82) is 0 Å². The van der Waals surface area contributed by atoms with Crippen molar-refractivity contribution in [3.63, 3.8) is 0 Å². The van der Waals surface area contributed by atoms with Crippen LogP contribution in [0.1, 0.15) is 31.1 Å². The number of pyridine rings is 3. The standard InChI is InChI=1S/C60H39N3O6/c64-58(67-55-37-61-52(43-25-13-4-14-26-43)34-49(55)40-19-7-1-8-20-40)46-31-47(59(65)68-56-38-62-53(44-27-15-5-16-28-44)35-50(56)41-21-9-2-10-22-41)33-48(32-46)60(66)69-57-39-63-54(45-29-17-6-18-30-45)36-51(57)42-23-11-3-12-24-42/h1-39H. The van der Waals surface area contributed by atoms with Crippen molar-refractivity contribution in [3.05, 3.63) is 254 Å². The molecule has 10 aromatic rings. The minimum atomic E-state index is -0.858. The summed E-state index contributed by atoms with van der Waals surface area (Å²) in [5.41, 5.74) is 8.44. The van der Waals surface area contributed by atoms with Gasteiger partial charge in [0.15, 0.2) is 17.2 Å². The van der Waals surface area contributed by atoms with Crippen molar-refractivity contribution in [2.75, 3.05) is 0 Å². The van der Waals surface area contributed by atoms with E-state index in [0.29, 0.717) is 33.8 Å². The van der Waals surface area contributed by atoms with Crippen LogP contribution < -0.4 is 14.2 Å². The number of nitrogens with zero attached hydrogens (tertiary/aromatic N) is 3. The van der Waals surface area contributed by atoms with Gasteiger partial charge in [0.2, 0.25) is 0 Å². The first-order chi connectivity index (χ1) is 33.9. The Morgan fingerprint density at radius 1 is 0.275 bits per heavy atom. The highest BCUT2D eigenvalue weighted by Crippen LogP contribution is 2.37. The fourth-order valence-corrected chi connectivity index (χ4v) is 7.86. The number of aromatic nitrogens is 3. The summed E-state index contributed by atoms with van der Waals surface area (Å²) < 4.78 is 18.4. The van der Waals surface area contributed by atoms with E-state index in [1.807, 2.05) is 200 Å². The first-order valence-corrected chi connectivity index (χ1v) is 22.1. The molecule has 10 rings (SSSR count). The molecule has 0 saturated carbocycles. The van der Waals surface area contributed by atoms with E-state index in [1.54, 1.807) is 0 Å². The van der Waals surface area contributed by atoms with Crippen LogP contribution in [0.3, 0.4) is 0 Å². The second-order valence-electron chi connectivity index (χ2n) is 15.9. The van der Waals surface area contributed by atoms with E-state index in [9.17, 15) is 14.4 Å². The Morgan fingerprint density at radius 3 is 0.725 bits per heavy atom. The summed E-state index contributed by atoms with van der Waals surface area (Å²) in [5, 5.41) is 0. The molecule has 0 saturated heterocycles. The second kappa shape index (κ2) is 19.9. The van der Waals surface area contributed by atoms with Gasteiger partial charge in [-0.25, -0.2) is 14.4 Å². The van der Waals surface area contributed by atoms with Crippen LogP contribution >= 0.6 is 0 Å². The highest BCUT2D eigenvalue weighted by Gasteiger charge is 2.24. The lowest BCUT2D eigenvalue weighted by molar-refractivity contribution is 0.0735. The van der Waals surface area contributed by atoms with Gasteiger partial charge >= 0.3 is 17.9 Å². The van der Waals surface area contributed by atoms with Crippen LogP contribution in [0.4, 0.5) is 0 Å². The quantitative estimate of drug-likeness (QED) is 0.110. The molecule has 0 aliphatic heterocycles. The third-order valence-corrected chi connectivity index (χ3v) is 11.3. The highest BCUT2D eigenvalue weighted by molar-refractivity contribution is 6.03. The molecular formula is C60H39N3O6. The van der Waals surface area contributed by atoms with Gasteiger partial charge in [0.05, 0.1) is 52.4 Å². The van der Waals surface area contributed by atoms with Crippen molar-refractivity contribution < 1.29 is 28.6 Å². The molecular weight excluding hydrogens is 859 g/mol. The number of hydrogen-bond donors (Lipinski definition) is 0. The molecule has 3 heterocycles. The number of carbonyl (C=O) groups excluding carboxylic acids is 3. The maximum Gasteiger partial charge on any atom is 0.343 e. The Bertz CT molecular complexity index is 3070. The highest BCUT2D eigenvalue weighted by atomic mass is 16.5. The molecule has 0 bridgehead atoms. The summed E-state index contributed by atoms with van der Waals surface area (Å²) in [5.74, 6) is -2.08. The Kier molecular flexibility index (Phi) is 12.5. The zero-order valence-corrected chi connectivity index (χ0v) is 36.8. The van der Waals surface area contributed by atoms with Crippen molar-refractivity contribution in [1.82, 2.24) is 15.0 Å². The molecule has 0 spiro atoms. The first kappa shape index (κ1) is 43.3. The van der Waals surface area contributed by atoms with E-state index < -0.39 is 17.9 Å². The normalized spacial score (nSPS) is 10.8. The zero-order chi connectivity index (χ0) is 46.9. The summed E-state index contributed by atoms with van der Waals surface area (Å²) in [4.78, 5) is 57.3. The lowest BCUT2D eigenvalue weighted by Gasteiger charge is -2.15.